The van der Waals surface area contributed by atoms with Gasteiger partial charge in [0.05, 0.1) is 5.52 Å². The second-order valence-electron chi connectivity index (χ2n) is 5.77. The van der Waals surface area contributed by atoms with Crippen LogP contribution in [0.25, 0.3) is 10.9 Å². The first-order valence-electron chi connectivity index (χ1n) is 8.25. The van der Waals surface area contributed by atoms with Gasteiger partial charge in [0.25, 0.3) is 0 Å². The number of anilines is 2. The van der Waals surface area contributed by atoms with Crippen LogP contribution in [-0.4, -0.2) is 9.97 Å². The van der Waals surface area contributed by atoms with E-state index in [9.17, 15) is 0 Å². The third-order valence-electron chi connectivity index (χ3n) is 3.88. The van der Waals surface area contributed by atoms with Crippen LogP contribution in [0.2, 0.25) is 5.02 Å². The molecular weight excluding hydrogens is 358 g/mol. The molecule has 0 radical (unpaired) electrons. The zero-order valence-electron chi connectivity index (χ0n) is 14.2. The normalized spacial score (nSPS) is 10.4. The quantitative estimate of drug-likeness (QED) is 0.460. The molecule has 4 nitrogen and oxygen atoms in total. The van der Waals surface area contributed by atoms with Gasteiger partial charge >= 0.3 is 0 Å². The maximum absolute atomic E-state index is 5.98. The van der Waals surface area contributed by atoms with Gasteiger partial charge in [-0.2, -0.15) is 0 Å². The Morgan fingerprint density at radius 1 is 0.889 bits per heavy atom. The van der Waals surface area contributed by atoms with Gasteiger partial charge in [-0.05, 0) is 60.5 Å². The maximum Gasteiger partial charge on any atom is 0.207 e. The Morgan fingerprint density at radius 3 is 2.48 bits per heavy atom. The molecule has 130 valence electrons. The summed E-state index contributed by atoms with van der Waals surface area (Å²) >= 11 is 5.98. The van der Waals surface area contributed by atoms with E-state index in [0.717, 1.165) is 16.6 Å². The SMILES string of the molecule is C#Cc1nc(Nc2ccc(Oc3cccc(Cl)c3)cc2)c2ccccc2n1. The molecular formula is C22H14ClN3O. The van der Waals surface area contributed by atoms with Crippen molar-refractivity contribution in [2.24, 2.45) is 0 Å². The predicted octanol–water partition coefficient (Wildman–Crippen LogP) is 5.80. The molecule has 1 N–H and O–H groups in total. The number of halogens is 1. The second-order valence-corrected chi connectivity index (χ2v) is 6.20. The number of hydrogen-bond donors (Lipinski definition) is 1. The monoisotopic (exact) mass is 371 g/mol. The van der Waals surface area contributed by atoms with E-state index in [1.165, 1.54) is 0 Å². The summed E-state index contributed by atoms with van der Waals surface area (Å²) in [5.41, 5.74) is 1.66. The molecule has 3 aromatic carbocycles. The number of rotatable bonds is 4. The number of para-hydroxylation sites is 1. The molecule has 1 heterocycles. The van der Waals surface area contributed by atoms with Gasteiger partial charge in [-0.3, -0.25) is 0 Å². The van der Waals surface area contributed by atoms with Crippen LogP contribution in [-0.2, 0) is 0 Å². The lowest BCUT2D eigenvalue weighted by atomic mass is 10.2. The predicted molar refractivity (Wildman–Crippen MR) is 109 cm³/mol. The summed E-state index contributed by atoms with van der Waals surface area (Å²) in [6.07, 6.45) is 5.48. The highest BCUT2D eigenvalue weighted by Crippen LogP contribution is 2.27. The summed E-state index contributed by atoms with van der Waals surface area (Å²) in [4.78, 5) is 8.76. The second kappa shape index (κ2) is 7.36. The minimum atomic E-state index is 0.345. The van der Waals surface area contributed by atoms with Gasteiger partial charge in [-0.25, -0.2) is 9.97 Å². The Morgan fingerprint density at radius 2 is 1.70 bits per heavy atom. The van der Waals surface area contributed by atoms with Crippen LogP contribution in [0.15, 0.2) is 72.8 Å². The van der Waals surface area contributed by atoms with Crippen LogP contribution in [0.5, 0.6) is 11.5 Å². The molecule has 0 spiro atoms. The standard InChI is InChI=1S/C22H14ClN3O/c1-2-21-25-20-9-4-3-8-19(20)22(26-21)24-16-10-12-17(13-11-16)27-18-7-5-6-15(23)14-18/h1,3-14H,(H,24,25,26). The number of terminal acetylenes is 1. The Labute approximate surface area is 161 Å². The average Bonchev–Trinajstić information content (AvgIpc) is 2.69. The van der Waals surface area contributed by atoms with Gasteiger partial charge < -0.3 is 10.1 Å². The molecule has 0 aliphatic heterocycles. The van der Waals surface area contributed by atoms with Crippen LogP contribution in [0.1, 0.15) is 5.82 Å². The van der Waals surface area contributed by atoms with Crippen molar-refractivity contribution in [3.63, 3.8) is 0 Å². The number of nitrogens with zero attached hydrogens (tertiary/aromatic N) is 2. The largest absolute Gasteiger partial charge is 0.457 e. The van der Waals surface area contributed by atoms with Crippen LogP contribution in [0.3, 0.4) is 0 Å². The molecule has 0 saturated heterocycles. The highest BCUT2D eigenvalue weighted by molar-refractivity contribution is 6.30. The third kappa shape index (κ3) is 3.84. The molecule has 0 aliphatic carbocycles. The zero-order chi connectivity index (χ0) is 18.6. The molecule has 0 fully saturated rings. The molecule has 0 atom stereocenters. The van der Waals surface area contributed by atoms with Crippen molar-refractivity contribution in [1.29, 1.82) is 0 Å². The van der Waals surface area contributed by atoms with Crippen LogP contribution in [0, 0.1) is 12.3 Å². The summed E-state index contributed by atoms with van der Waals surface area (Å²) in [6, 6.07) is 22.5. The molecule has 4 rings (SSSR count). The highest BCUT2D eigenvalue weighted by Gasteiger charge is 2.07. The van der Waals surface area contributed by atoms with Crippen molar-refractivity contribution >= 4 is 34.0 Å². The van der Waals surface area contributed by atoms with Gasteiger partial charge in [0, 0.05) is 16.1 Å². The Hall–Kier alpha value is -3.55. The highest BCUT2D eigenvalue weighted by atomic mass is 35.5. The number of benzene rings is 3. The first-order valence-corrected chi connectivity index (χ1v) is 8.63. The molecule has 27 heavy (non-hydrogen) atoms. The Balaban J connectivity index is 1.59. The van der Waals surface area contributed by atoms with E-state index in [-0.39, 0.29) is 0 Å². The van der Waals surface area contributed by atoms with Crippen molar-refractivity contribution in [2.45, 2.75) is 0 Å². The van der Waals surface area contributed by atoms with Crippen molar-refractivity contribution < 1.29 is 4.74 Å². The lowest BCUT2D eigenvalue weighted by Crippen LogP contribution is -1.99. The fourth-order valence-corrected chi connectivity index (χ4v) is 2.83. The lowest BCUT2D eigenvalue weighted by Gasteiger charge is -2.10. The topological polar surface area (TPSA) is 47.0 Å². The summed E-state index contributed by atoms with van der Waals surface area (Å²) in [5.74, 6) is 4.89. The molecule has 0 amide bonds. The summed E-state index contributed by atoms with van der Waals surface area (Å²) in [7, 11) is 0. The number of hydrogen-bond acceptors (Lipinski definition) is 4. The first-order chi connectivity index (χ1) is 13.2. The van der Waals surface area contributed by atoms with E-state index in [2.05, 4.69) is 21.2 Å². The van der Waals surface area contributed by atoms with Gasteiger partial charge in [-0.1, -0.05) is 29.8 Å². The smallest absolute Gasteiger partial charge is 0.207 e. The molecule has 0 unspecified atom stereocenters. The fourth-order valence-electron chi connectivity index (χ4n) is 2.65. The number of fused-ring (bicyclic) bond motifs is 1. The number of nitrogens with one attached hydrogen (secondary N) is 1. The molecule has 0 saturated carbocycles. The van der Waals surface area contributed by atoms with Crippen molar-refractivity contribution in [3.8, 4) is 23.8 Å². The van der Waals surface area contributed by atoms with E-state index in [1.54, 1.807) is 12.1 Å². The summed E-state index contributed by atoms with van der Waals surface area (Å²) in [5, 5.41) is 4.83. The van der Waals surface area contributed by atoms with Gasteiger partial charge in [-0.15, -0.1) is 6.42 Å². The van der Waals surface area contributed by atoms with E-state index in [1.807, 2.05) is 60.7 Å². The van der Waals surface area contributed by atoms with E-state index in [4.69, 9.17) is 22.8 Å². The van der Waals surface area contributed by atoms with Crippen LogP contribution >= 0.6 is 11.6 Å². The molecule has 0 aliphatic rings. The number of aromatic nitrogens is 2. The maximum atomic E-state index is 5.98. The molecule has 0 bridgehead atoms. The van der Waals surface area contributed by atoms with Crippen LogP contribution < -0.4 is 10.1 Å². The molecule has 4 aromatic rings. The number of ether oxygens (including phenoxy) is 1. The van der Waals surface area contributed by atoms with Crippen LogP contribution in [0.4, 0.5) is 11.5 Å². The third-order valence-corrected chi connectivity index (χ3v) is 4.12. The lowest BCUT2D eigenvalue weighted by molar-refractivity contribution is 0.483. The van der Waals surface area contributed by atoms with Gasteiger partial charge in [0.15, 0.2) is 0 Å². The average molecular weight is 372 g/mol. The Bertz CT molecular complexity index is 1150. The van der Waals surface area contributed by atoms with Gasteiger partial charge in [0.1, 0.15) is 17.3 Å². The van der Waals surface area contributed by atoms with E-state index >= 15 is 0 Å². The summed E-state index contributed by atoms with van der Waals surface area (Å²) < 4.78 is 5.81. The van der Waals surface area contributed by atoms with Crippen molar-refractivity contribution in [3.05, 3.63) is 83.6 Å². The van der Waals surface area contributed by atoms with Crippen molar-refractivity contribution in [1.82, 2.24) is 9.97 Å². The minimum Gasteiger partial charge on any atom is -0.457 e. The molecule has 1 aromatic heterocycles. The van der Waals surface area contributed by atoms with E-state index < -0.39 is 0 Å². The fraction of sp³-hybridized carbons (Fsp3) is 0. The van der Waals surface area contributed by atoms with E-state index in [0.29, 0.717) is 28.2 Å². The zero-order valence-corrected chi connectivity index (χ0v) is 14.9. The first kappa shape index (κ1) is 16.9. The van der Waals surface area contributed by atoms with Crippen molar-refractivity contribution in [2.75, 3.05) is 5.32 Å². The minimum absolute atomic E-state index is 0.345. The van der Waals surface area contributed by atoms with Gasteiger partial charge in [0.2, 0.25) is 5.82 Å². The Kier molecular flexibility index (Phi) is 4.61. The summed E-state index contributed by atoms with van der Waals surface area (Å²) in [6.45, 7) is 0. The molecule has 5 heteroatoms.